The molecule has 0 atom stereocenters. The van der Waals surface area contributed by atoms with Gasteiger partial charge in [-0.05, 0) is 45.1 Å². The molecule has 0 spiro atoms. The Labute approximate surface area is 111 Å². The van der Waals surface area contributed by atoms with Crippen LogP contribution in [0.3, 0.4) is 0 Å². The molecule has 0 unspecified atom stereocenters. The number of aromatic nitrogens is 4. The van der Waals surface area contributed by atoms with Crippen LogP contribution in [0.5, 0.6) is 0 Å². The van der Waals surface area contributed by atoms with Gasteiger partial charge in [0.05, 0.1) is 11.6 Å². The maximum absolute atomic E-state index is 5.85. The number of H-pyrrole nitrogens is 1. The fourth-order valence-corrected chi connectivity index (χ4v) is 1.87. The van der Waals surface area contributed by atoms with Crippen LogP contribution >= 0.6 is 11.6 Å². The van der Waals surface area contributed by atoms with E-state index >= 15 is 0 Å². The Morgan fingerprint density at radius 3 is 2.94 bits per heavy atom. The Morgan fingerprint density at radius 1 is 1.33 bits per heavy atom. The van der Waals surface area contributed by atoms with Crippen molar-refractivity contribution < 1.29 is 0 Å². The van der Waals surface area contributed by atoms with E-state index < -0.39 is 0 Å². The number of nitrogens with zero attached hydrogens (tertiary/aromatic N) is 4. The molecule has 98 valence electrons. The highest BCUT2D eigenvalue weighted by Crippen LogP contribution is 2.19. The highest BCUT2D eigenvalue weighted by atomic mass is 35.5. The fourth-order valence-electron chi connectivity index (χ4n) is 1.70. The lowest BCUT2D eigenvalue weighted by Gasteiger charge is -2.10. The van der Waals surface area contributed by atoms with E-state index in [1.165, 1.54) is 0 Å². The molecule has 0 aliphatic heterocycles. The first-order chi connectivity index (χ1) is 8.66. The Balaban J connectivity index is 1.93. The van der Waals surface area contributed by atoms with Crippen LogP contribution < -0.4 is 5.32 Å². The number of hydrogen-bond donors (Lipinski definition) is 2. The molecule has 0 saturated carbocycles. The lowest BCUT2D eigenvalue weighted by atomic mass is 10.3. The number of halogens is 1. The standard InChI is InChI=1S/C11H17ClN6/c1-18(2)6-4-3-5-13-9-8-7-14-17-10(8)16-11(12)15-9/h7H,3-6H2,1-2H3,(H2,13,14,15,16,17). The number of rotatable bonds is 6. The third-order valence-electron chi connectivity index (χ3n) is 2.61. The third-order valence-corrected chi connectivity index (χ3v) is 2.78. The van der Waals surface area contributed by atoms with Gasteiger partial charge in [-0.25, -0.2) is 0 Å². The minimum Gasteiger partial charge on any atom is -0.369 e. The minimum absolute atomic E-state index is 0.225. The van der Waals surface area contributed by atoms with Gasteiger partial charge in [-0.2, -0.15) is 15.1 Å². The average Bonchev–Trinajstić information content (AvgIpc) is 2.75. The van der Waals surface area contributed by atoms with Gasteiger partial charge < -0.3 is 10.2 Å². The van der Waals surface area contributed by atoms with E-state index in [1.807, 2.05) is 0 Å². The monoisotopic (exact) mass is 268 g/mol. The van der Waals surface area contributed by atoms with Crippen molar-refractivity contribution in [3.63, 3.8) is 0 Å². The smallest absolute Gasteiger partial charge is 0.226 e. The Hall–Kier alpha value is -1.40. The normalized spacial score (nSPS) is 11.3. The fraction of sp³-hybridized carbons (Fsp3) is 0.545. The number of aromatic amines is 1. The van der Waals surface area contributed by atoms with Crippen molar-refractivity contribution in [3.8, 4) is 0 Å². The Kier molecular flexibility index (Phi) is 4.33. The quantitative estimate of drug-likeness (QED) is 0.617. The molecule has 0 amide bonds. The predicted molar refractivity (Wildman–Crippen MR) is 73.0 cm³/mol. The highest BCUT2D eigenvalue weighted by molar-refractivity contribution is 6.28. The molecule has 2 rings (SSSR count). The maximum Gasteiger partial charge on any atom is 0.226 e. The van der Waals surface area contributed by atoms with E-state index in [0.717, 1.165) is 37.1 Å². The van der Waals surface area contributed by atoms with Crippen LogP contribution in [0.4, 0.5) is 5.82 Å². The molecule has 0 saturated heterocycles. The summed E-state index contributed by atoms with van der Waals surface area (Å²) in [6, 6.07) is 0. The molecule has 2 N–H and O–H groups in total. The van der Waals surface area contributed by atoms with Gasteiger partial charge in [-0.3, -0.25) is 5.10 Å². The molecule has 0 fully saturated rings. The van der Waals surface area contributed by atoms with Crippen LogP contribution in [0, 0.1) is 0 Å². The van der Waals surface area contributed by atoms with Gasteiger partial charge in [0.2, 0.25) is 5.28 Å². The lowest BCUT2D eigenvalue weighted by Crippen LogP contribution is -2.14. The summed E-state index contributed by atoms with van der Waals surface area (Å²) < 4.78 is 0. The predicted octanol–water partition coefficient (Wildman–Crippen LogP) is 1.76. The van der Waals surface area contributed by atoms with Gasteiger partial charge >= 0.3 is 0 Å². The van der Waals surface area contributed by atoms with Crippen molar-refractivity contribution in [3.05, 3.63) is 11.5 Å². The summed E-state index contributed by atoms with van der Waals surface area (Å²) >= 11 is 5.85. The Morgan fingerprint density at radius 2 is 2.17 bits per heavy atom. The second kappa shape index (κ2) is 5.97. The topological polar surface area (TPSA) is 69.7 Å². The van der Waals surface area contributed by atoms with E-state index in [2.05, 4.69) is 44.5 Å². The van der Waals surface area contributed by atoms with Crippen molar-refractivity contribution in [2.24, 2.45) is 0 Å². The van der Waals surface area contributed by atoms with Crippen LogP contribution in [0.25, 0.3) is 11.0 Å². The molecule has 0 aliphatic carbocycles. The van der Waals surface area contributed by atoms with Crippen molar-refractivity contribution >= 4 is 28.5 Å². The summed E-state index contributed by atoms with van der Waals surface area (Å²) in [6.07, 6.45) is 3.93. The van der Waals surface area contributed by atoms with Gasteiger partial charge in [0.25, 0.3) is 0 Å². The third kappa shape index (κ3) is 3.30. The molecule has 2 aromatic rings. The first-order valence-electron chi connectivity index (χ1n) is 5.92. The van der Waals surface area contributed by atoms with Crippen LogP contribution in [-0.2, 0) is 0 Å². The van der Waals surface area contributed by atoms with Crippen molar-refractivity contribution in [1.82, 2.24) is 25.1 Å². The van der Waals surface area contributed by atoms with Gasteiger partial charge in [0.15, 0.2) is 5.65 Å². The molecule has 0 aromatic carbocycles. The number of nitrogens with one attached hydrogen (secondary N) is 2. The summed E-state index contributed by atoms with van der Waals surface area (Å²) in [4.78, 5) is 10.4. The van der Waals surface area contributed by atoms with Gasteiger partial charge in [-0.15, -0.1) is 0 Å². The van der Waals surface area contributed by atoms with Crippen molar-refractivity contribution in [2.75, 3.05) is 32.5 Å². The molecule has 6 nitrogen and oxygen atoms in total. The largest absolute Gasteiger partial charge is 0.369 e. The van der Waals surface area contributed by atoms with E-state index in [1.54, 1.807) is 6.20 Å². The van der Waals surface area contributed by atoms with E-state index in [-0.39, 0.29) is 5.28 Å². The lowest BCUT2D eigenvalue weighted by molar-refractivity contribution is 0.396. The van der Waals surface area contributed by atoms with E-state index in [0.29, 0.717) is 5.65 Å². The number of fused-ring (bicyclic) bond motifs is 1. The molecule has 2 aromatic heterocycles. The first-order valence-corrected chi connectivity index (χ1v) is 6.30. The van der Waals surface area contributed by atoms with Gasteiger partial charge in [0, 0.05) is 6.54 Å². The highest BCUT2D eigenvalue weighted by Gasteiger charge is 2.07. The average molecular weight is 269 g/mol. The molecule has 18 heavy (non-hydrogen) atoms. The SMILES string of the molecule is CN(C)CCCCNc1nc(Cl)nc2[nH]ncc12. The van der Waals surface area contributed by atoms with E-state index in [4.69, 9.17) is 11.6 Å². The van der Waals surface area contributed by atoms with Crippen LogP contribution in [-0.4, -0.2) is 52.3 Å². The first kappa shape index (κ1) is 13.0. The molecule has 0 radical (unpaired) electrons. The zero-order valence-corrected chi connectivity index (χ0v) is 11.3. The zero-order valence-electron chi connectivity index (χ0n) is 10.6. The number of hydrogen-bond acceptors (Lipinski definition) is 5. The van der Waals surface area contributed by atoms with Gasteiger partial charge in [-0.1, -0.05) is 0 Å². The second-order valence-corrected chi connectivity index (χ2v) is 4.75. The van der Waals surface area contributed by atoms with Crippen LogP contribution in [0.1, 0.15) is 12.8 Å². The Bertz CT molecular complexity index is 509. The van der Waals surface area contributed by atoms with Crippen LogP contribution in [0.15, 0.2) is 6.20 Å². The van der Waals surface area contributed by atoms with Crippen molar-refractivity contribution in [2.45, 2.75) is 12.8 Å². The molecule has 2 heterocycles. The summed E-state index contributed by atoms with van der Waals surface area (Å²) in [6.45, 7) is 1.95. The second-order valence-electron chi connectivity index (χ2n) is 4.41. The summed E-state index contributed by atoms with van der Waals surface area (Å²) in [5, 5.41) is 11.1. The molecular weight excluding hydrogens is 252 g/mol. The van der Waals surface area contributed by atoms with Gasteiger partial charge in [0.1, 0.15) is 5.82 Å². The van der Waals surface area contributed by atoms with E-state index in [9.17, 15) is 0 Å². The molecule has 7 heteroatoms. The minimum atomic E-state index is 0.225. The van der Waals surface area contributed by atoms with Crippen LogP contribution in [0.2, 0.25) is 5.28 Å². The number of anilines is 1. The number of unbranched alkanes of at least 4 members (excludes halogenated alkanes) is 1. The molecule has 0 bridgehead atoms. The summed E-state index contributed by atoms with van der Waals surface area (Å²) in [7, 11) is 4.15. The molecular formula is C11H17ClN6. The molecule has 0 aliphatic rings. The van der Waals surface area contributed by atoms with Crippen molar-refractivity contribution in [1.29, 1.82) is 0 Å². The maximum atomic E-state index is 5.85. The zero-order chi connectivity index (χ0) is 13.0. The summed E-state index contributed by atoms with van der Waals surface area (Å²) in [5.74, 6) is 0.739. The summed E-state index contributed by atoms with van der Waals surface area (Å²) in [5.41, 5.74) is 0.658.